The molecule has 1 atom stereocenters. The summed E-state index contributed by atoms with van der Waals surface area (Å²) >= 11 is 0. The Balaban J connectivity index is 1.64. The van der Waals surface area contributed by atoms with E-state index in [1.807, 2.05) is 50.2 Å². The van der Waals surface area contributed by atoms with Crippen LogP contribution in [-0.2, 0) is 10.0 Å². The number of nitrogens with one attached hydrogen (secondary N) is 1. The lowest BCUT2D eigenvalue weighted by Crippen LogP contribution is -2.39. The minimum Gasteiger partial charge on any atom is -0.342 e. The predicted molar refractivity (Wildman–Crippen MR) is 103 cm³/mol. The molecule has 1 unspecified atom stereocenters. The first-order valence-corrected chi connectivity index (χ1v) is 10.4. The number of nitrogens with zero attached hydrogens (tertiary/aromatic N) is 2. The summed E-state index contributed by atoms with van der Waals surface area (Å²) in [5.41, 5.74) is 3.68. The maximum atomic E-state index is 13.2. The van der Waals surface area contributed by atoms with Gasteiger partial charge in [0.15, 0.2) is 0 Å². The molecule has 3 aromatic rings. The fourth-order valence-electron chi connectivity index (χ4n) is 3.67. The van der Waals surface area contributed by atoms with Gasteiger partial charge >= 0.3 is 0 Å². The summed E-state index contributed by atoms with van der Waals surface area (Å²) in [5, 5.41) is 0. The molecule has 1 aliphatic rings. The van der Waals surface area contributed by atoms with E-state index in [9.17, 15) is 8.42 Å². The van der Waals surface area contributed by atoms with Gasteiger partial charge in [0.2, 0.25) is 10.0 Å². The first kappa shape index (κ1) is 17.2. The largest absolute Gasteiger partial charge is 0.342 e. The van der Waals surface area contributed by atoms with Crippen LogP contribution in [-0.4, -0.2) is 35.8 Å². The van der Waals surface area contributed by atoms with Gasteiger partial charge in [-0.3, -0.25) is 0 Å². The molecule has 0 radical (unpaired) electrons. The second kappa shape index (κ2) is 6.52. The van der Waals surface area contributed by atoms with Crippen LogP contribution in [0.4, 0.5) is 0 Å². The van der Waals surface area contributed by atoms with Crippen LogP contribution in [0.3, 0.4) is 0 Å². The topological polar surface area (TPSA) is 66.1 Å². The van der Waals surface area contributed by atoms with E-state index in [0.29, 0.717) is 18.0 Å². The van der Waals surface area contributed by atoms with E-state index in [4.69, 9.17) is 0 Å². The van der Waals surface area contributed by atoms with Crippen LogP contribution >= 0.6 is 0 Å². The molecule has 1 aromatic heterocycles. The minimum absolute atomic E-state index is 0.0936. The van der Waals surface area contributed by atoms with Crippen LogP contribution in [0.1, 0.15) is 35.7 Å². The zero-order chi connectivity index (χ0) is 18.3. The molecule has 26 heavy (non-hydrogen) atoms. The highest BCUT2D eigenvalue weighted by atomic mass is 32.2. The molecular weight excluding hydrogens is 346 g/mol. The number of rotatable bonds is 3. The summed E-state index contributed by atoms with van der Waals surface area (Å²) < 4.78 is 28.0. The maximum Gasteiger partial charge on any atom is 0.243 e. The zero-order valence-electron chi connectivity index (χ0n) is 15.1. The predicted octanol–water partition coefficient (Wildman–Crippen LogP) is 3.75. The van der Waals surface area contributed by atoms with Crippen molar-refractivity contribution in [3.63, 3.8) is 0 Å². The number of benzene rings is 2. The third kappa shape index (κ3) is 3.04. The lowest BCUT2D eigenvalue weighted by atomic mass is 9.99. The summed E-state index contributed by atoms with van der Waals surface area (Å²) in [7, 11) is -3.49. The third-order valence-corrected chi connectivity index (χ3v) is 7.15. The molecule has 5 nitrogen and oxygen atoms in total. The van der Waals surface area contributed by atoms with Crippen LogP contribution in [0.25, 0.3) is 11.0 Å². The Morgan fingerprint density at radius 1 is 1.15 bits per heavy atom. The molecule has 1 aliphatic heterocycles. The maximum absolute atomic E-state index is 13.2. The fraction of sp³-hybridized carbons (Fsp3) is 0.350. The lowest BCUT2D eigenvalue weighted by Gasteiger charge is -2.31. The lowest BCUT2D eigenvalue weighted by molar-refractivity contribution is 0.310. The van der Waals surface area contributed by atoms with E-state index >= 15 is 0 Å². The number of H-pyrrole nitrogens is 1. The standard InChI is InChI=1S/C20H23N3O2S/c1-14-9-10-15(2)19(12-14)26(24,25)23-11-5-6-16(13-23)20-21-17-7-3-4-8-18(17)22-20/h3-4,7-10,12,16H,5-6,11,13H2,1-2H3,(H,21,22). The summed E-state index contributed by atoms with van der Waals surface area (Å²) in [6.07, 6.45) is 1.78. The van der Waals surface area contributed by atoms with Crippen molar-refractivity contribution in [2.75, 3.05) is 13.1 Å². The second-order valence-corrected chi connectivity index (χ2v) is 9.02. The number of fused-ring (bicyclic) bond motifs is 1. The van der Waals surface area contributed by atoms with Gasteiger partial charge in [-0.2, -0.15) is 4.31 Å². The van der Waals surface area contributed by atoms with E-state index in [1.54, 1.807) is 10.4 Å². The van der Waals surface area contributed by atoms with Gasteiger partial charge in [-0.05, 0) is 56.0 Å². The van der Waals surface area contributed by atoms with E-state index < -0.39 is 10.0 Å². The molecule has 0 saturated carbocycles. The van der Waals surface area contributed by atoms with Crippen molar-refractivity contribution in [1.82, 2.24) is 14.3 Å². The van der Waals surface area contributed by atoms with Gasteiger partial charge in [-0.1, -0.05) is 24.3 Å². The molecular formula is C20H23N3O2S. The molecule has 0 amide bonds. The molecule has 2 aromatic carbocycles. The summed E-state index contributed by atoms with van der Waals surface area (Å²) in [6, 6.07) is 13.5. The minimum atomic E-state index is -3.49. The van der Waals surface area contributed by atoms with Crippen molar-refractivity contribution < 1.29 is 8.42 Å². The van der Waals surface area contributed by atoms with Gasteiger partial charge in [0.25, 0.3) is 0 Å². The smallest absolute Gasteiger partial charge is 0.243 e. The highest BCUT2D eigenvalue weighted by molar-refractivity contribution is 7.89. The van der Waals surface area contributed by atoms with Crippen molar-refractivity contribution in [3.8, 4) is 0 Å². The number of aryl methyl sites for hydroxylation is 2. The van der Waals surface area contributed by atoms with Gasteiger partial charge in [0.05, 0.1) is 15.9 Å². The number of piperidine rings is 1. The van der Waals surface area contributed by atoms with E-state index in [2.05, 4.69) is 9.97 Å². The quantitative estimate of drug-likeness (QED) is 0.765. The SMILES string of the molecule is Cc1ccc(C)c(S(=O)(=O)N2CCCC(c3nc4ccccc4[nH]3)C2)c1. The molecule has 6 heteroatoms. The normalized spacial score (nSPS) is 19.1. The average molecular weight is 369 g/mol. The number of hydrogen-bond donors (Lipinski definition) is 1. The first-order chi connectivity index (χ1) is 12.4. The molecule has 1 N–H and O–H groups in total. The zero-order valence-corrected chi connectivity index (χ0v) is 15.9. The van der Waals surface area contributed by atoms with Crippen LogP contribution in [0.15, 0.2) is 47.4 Å². The van der Waals surface area contributed by atoms with Crippen molar-refractivity contribution in [1.29, 1.82) is 0 Å². The molecule has 136 valence electrons. The van der Waals surface area contributed by atoms with Gasteiger partial charge in [-0.25, -0.2) is 13.4 Å². The Kier molecular flexibility index (Phi) is 4.32. The van der Waals surface area contributed by atoms with Crippen molar-refractivity contribution in [2.45, 2.75) is 37.5 Å². The number of aromatic amines is 1. The monoisotopic (exact) mass is 369 g/mol. The Morgan fingerprint density at radius 2 is 1.96 bits per heavy atom. The van der Waals surface area contributed by atoms with Crippen molar-refractivity contribution >= 4 is 21.1 Å². The number of hydrogen-bond acceptors (Lipinski definition) is 3. The van der Waals surface area contributed by atoms with Crippen LogP contribution in [0.5, 0.6) is 0 Å². The molecule has 2 heterocycles. The Morgan fingerprint density at radius 3 is 2.77 bits per heavy atom. The van der Waals surface area contributed by atoms with Crippen LogP contribution < -0.4 is 0 Å². The van der Waals surface area contributed by atoms with Crippen molar-refractivity contribution in [3.05, 3.63) is 59.4 Å². The first-order valence-electron chi connectivity index (χ1n) is 8.97. The summed E-state index contributed by atoms with van der Waals surface area (Å²) in [6.45, 7) is 4.81. The molecule has 4 rings (SSSR count). The highest BCUT2D eigenvalue weighted by Gasteiger charge is 2.33. The van der Waals surface area contributed by atoms with Gasteiger partial charge in [0.1, 0.15) is 5.82 Å². The number of sulfonamides is 1. The van der Waals surface area contributed by atoms with E-state index in [-0.39, 0.29) is 5.92 Å². The average Bonchev–Trinajstić information content (AvgIpc) is 3.08. The summed E-state index contributed by atoms with van der Waals surface area (Å²) in [4.78, 5) is 8.46. The van der Waals surface area contributed by atoms with Crippen LogP contribution in [0.2, 0.25) is 0 Å². The fourth-order valence-corrected chi connectivity index (χ4v) is 5.51. The molecule has 0 aliphatic carbocycles. The Bertz CT molecular complexity index is 1020. The molecule has 0 spiro atoms. The molecule has 1 fully saturated rings. The molecule has 0 bridgehead atoms. The number of aromatic nitrogens is 2. The number of para-hydroxylation sites is 2. The van der Waals surface area contributed by atoms with Crippen molar-refractivity contribution in [2.24, 2.45) is 0 Å². The van der Waals surface area contributed by atoms with Gasteiger partial charge in [-0.15, -0.1) is 0 Å². The highest BCUT2D eigenvalue weighted by Crippen LogP contribution is 2.31. The van der Waals surface area contributed by atoms with Gasteiger partial charge < -0.3 is 4.98 Å². The summed E-state index contributed by atoms with van der Waals surface area (Å²) in [5.74, 6) is 0.975. The van der Waals surface area contributed by atoms with Gasteiger partial charge in [0, 0.05) is 19.0 Å². The number of imidazole rings is 1. The van der Waals surface area contributed by atoms with E-state index in [1.165, 1.54) is 0 Å². The Hall–Kier alpha value is -2.18. The van der Waals surface area contributed by atoms with Crippen LogP contribution in [0, 0.1) is 13.8 Å². The Labute approximate surface area is 154 Å². The van der Waals surface area contributed by atoms with E-state index in [0.717, 1.165) is 40.8 Å². The third-order valence-electron chi connectivity index (χ3n) is 5.14. The molecule has 1 saturated heterocycles. The second-order valence-electron chi connectivity index (χ2n) is 7.11.